The number of hydrogen-bond acceptors (Lipinski definition) is 1. The molecule has 0 radical (unpaired) electrons. The van der Waals surface area contributed by atoms with Crippen LogP contribution in [-0.2, 0) is 12.7 Å². The largest absolute Gasteiger partial charge is 0.435 e. The number of halogens is 4. The lowest BCUT2D eigenvalue weighted by molar-refractivity contribution is -0.141. The smallest absolute Gasteiger partial charge is 0.272 e. The Morgan fingerprint density at radius 3 is 2.53 bits per heavy atom. The third-order valence-electron chi connectivity index (χ3n) is 2.85. The van der Waals surface area contributed by atoms with Gasteiger partial charge in [-0.05, 0) is 48.1 Å². The maximum Gasteiger partial charge on any atom is 0.435 e. The predicted octanol–water partition coefficient (Wildman–Crippen LogP) is 4.50. The van der Waals surface area contributed by atoms with Gasteiger partial charge in [0.05, 0.1) is 0 Å². The van der Waals surface area contributed by atoms with Gasteiger partial charge in [0.25, 0.3) is 0 Å². The van der Waals surface area contributed by atoms with Crippen molar-refractivity contribution in [3.63, 3.8) is 0 Å². The van der Waals surface area contributed by atoms with Gasteiger partial charge in [-0.25, -0.2) is 0 Å². The lowest BCUT2D eigenvalue weighted by Crippen LogP contribution is -2.09. The van der Waals surface area contributed by atoms with Gasteiger partial charge < -0.3 is 0 Å². The van der Waals surface area contributed by atoms with E-state index in [2.05, 4.69) is 27.7 Å². The molecule has 1 aromatic carbocycles. The molecule has 0 aliphatic carbocycles. The molecule has 102 valence electrons. The van der Waals surface area contributed by atoms with E-state index in [1.165, 1.54) is 10.9 Å². The molecule has 0 saturated carbocycles. The Hall–Kier alpha value is -1.05. The van der Waals surface area contributed by atoms with Crippen LogP contribution in [0, 0.1) is 10.5 Å². The van der Waals surface area contributed by atoms with Gasteiger partial charge in [0.15, 0.2) is 5.69 Å². The van der Waals surface area contributed by atoms with Crippen LogP contribution in [0.1, 0.15) is 18.2 Å². The molecule has 0 atom stereocenters. The molecule has 2 nitrogen and oxygen atoms in total. The molecular weight excluding hydrogens is 368 g/mol. The van der Waals surface area contributed by atoms with Crippen LogP contribution in [0.4, 0.5) is 13.2 Å². The van der Waals surface area contributed by atoms with Gasteiger partial charge in [-0.15, -0.1) is 0 Å². The van der Waals surface area contributed by atoms with E-state index in [1.54, 1.807) is 26.0 Å². The van der Waals surface area contributed by atoms with E-state index < -0.39 is 11.9 Å². The molecule has 19 heavy (non-hydrogen) atoms. The number of nitrogens with zero attached hydrogens (tertiary/aromatic N) is 2. The number of benzene rings is 1. The summed E-state index contributed by atoms with van der Waals surface area (Å²) in [5, 5.41) is 3.65. The second kappa shape index (κ2) is 5.15. The topological polar surface area (TPSA) is 17.8 Å². The molecule has 2 rings (SSSR count). The van der Waals surface area contributed by atoms with Gasteiger partial charge >= 0.3 is 6.18 Å². The third kappa shape index (κ3) is 2.77. The van der Waals surface area contributed by atoms with Crippen molar-refractivity contribution in [3.8, 4) is 11.1 Å². The molecule has 1 aromatic heterocycles. The number of alkyl halides is 3. The van der Waals surface area contributed by atoms with Gasteiger partial charge in [0, 0.05) is 27.4 Å². The summed E-state index contributed by atoms with van der Waals surface area (Å²) in [7, 11) is 0. The van der Waals surface area contributed by atoms with E-state index in [4.69, 9.17) is 0 Å². The first kappa shape index (κ1) is 14.4. The fourth-order valence-corrected chi connectivity index (χ4v) is 2.87. The van der Waals surface area contributed by atoms with Crippen LogP contribution in [0.25, 0.3) is 11.1 Å². The van der Waals surface area contributed by atoms with Crippen molar-refractivity contribution in [2.75, 3.05) is 0 Å². The second-order valence-electron chi connectivity index (χ2n) is 4.18. The quantitative estimate of drug-likeness (QED) is 0.702. The van der Waals surface area contributed by atoms with E-state index in [0.29, 0.717) is 12.1 Å². The number of aromatic nitrogens is 2. The maximum atomic E-state index is 13.1. The van der Waals surface area contributed by atoms with Crippen molar-refractivity contribution in [1.29, 1.82) is 0 Å². The van der Waals surface area contributed by atoms with E-state index in [0.717, 1.165) is 9.13 Å². The lowest BCUT2D eigenvalue weighted by Gasteiger charge is -2.10. The molecule has 0 fully saturated rings. The van der Waals surface area contributed by atoms with E-state index in [1.807, 2.05) is 6.07 Å². The summed E-state index contributed by atoms with van der Waals surface area (Å²) >= 11 is 2.05. The monoisotopic (exact) mass is 380 g/mol. The molecule has 0 bridgehead atoms. The summed E-state index contributed by atoms with van der Waals surface area (Å²) in [6.45, 7) is 3.98. The zero-order valence-electron chi connectivity index (χ0n) is 10.4. The fourth-order valence-electron chi connectivity index (χ4n) is 1.95. The Balaban J connectivity index is 2.71. The molecule has 0 aliphatic heterocycles. The van der Waals surface area contributed by atoms with Crippen LogP contribution in [0.3, 0.4) is 0 Å². The van der Waals surface area contributed by atoms with Gasteiger partial charge in [0.1, 0.15) is 0 Å². The molecule has 6 heteroatoms. The highest BCUT2D eigenvalue weighted by Gasteiger charge is 2.38. The van der Waals surface area contributed by atoms with Gasteiger partial charge in [0.2, 0.25) is 0 Å². The van der Waals surface area contributed by atoms with Crippen molar-refractivity contribution in [3.05, 3.63) is 39.2 Å². The average molecular weight is 380 g/mol. The van der Waals surface area contributed by atoms with Crippen molar-refractivity contribution in [2.45, 2.75) is 26.6 Å². The number of aryl methyl sites for hydroxylation is 2. The lowest BCUT2D eigenvalue weighted by atomic mass is 10.0. The van der Waals surface area contributed by atoms with Crippen molar-refractivity contribution in [1.82, 2.24) is 9.78 Å². The maximum absolute atomic E-state index is 13.1. The van der Waals surface area contributed by atoms with Crippen molar-refractivity contribution < 1.29 is 13.2 Å². The molecular formula is C13H12F3IN2. The summed E-state index contributed by atoms with van der Waals surface area (Å²) in [5.41, 5.74) is 0.751. The number of hydrogen-bond donors (Lipinski definition) is 0. The minimum Gasteiger partial charge on any atom is -0.272 e. The third-order valence-corrected chi connectivity index (χ3v) is 3.74. The fraction of sp³-hybridized carbons (Fsp3) is 0.308. The Labute approximate surface area is 122 Å². The first-order chi connectivity index (χ1) is 8.84. The Bertz CT molecular complexity index is 582. The minimum absolute atomic E-state index is 0.150. The first-order valence-electron chi connectivity index (χ1n) is 5.74. The SMILES string of the molecule is CCn1cc(-c2c(C)cccc2I)c(C(F)(F)F)n1. The van der Waals surface area contributed by atoms with Crippen LogP contribution < -0.4 is 0 Å². The summed E-state index contributed by atoms with van der Waals surface area (Å²) in [4.78, 5) is 0. The zero-order valence-corrected chi connectivity index (χ0v) is 12.6. The van der Waals surface area contributed by atoms with Crippen LogP contribution >= 0.6 is 22.6 Å². The van der Waals surface area contributed by atoms with Crippen molar-refractivity contribution in [2.24, 2.45) is 0 Å². The summed E-state index contributed by atoms with van der Waals surface area (Å²) in [6.07, 6.45) is -2.98. The predicted molar refractivity (Wildman–Crippen MR) is 75.8 cm³/mol. The minimum atomic E-state index is -4.44. The summed E-state index contributed by atoms with van der Waals surface area (Å²) < 4.78 is 41.3. The summed E-state index contributed by atoms with van der Waals surface area (Å²) in [5.74, 6) is 0. The molecule has 0 spiro atoms. The van der Waals surface area contributed by atoms with Crippen LogP contribution in [0.15, 0.2) is 24.4 Å². The number of rotatable bonds is 2. The molecule has 0 unspecified atom stereocenters. The second-order valence-corrected chi connectivity index (χ2v) is 5.34. The van der Waals surface area contributed by atoms with Gasteiger partial charge in [-0.3, -0.25) is 4.68 Å². The summed E-state index contributed by atoms with van der Waals surface area (Å²) in [6, 6.07) is 5.44. The average Bonchev–Trinajstić information content (AvgIpc) is 2.72. The van der Waals surface area contributed by atoms with E-state index in [9.17, 15) is 13.2 Å². The van der Waals surface area contributed by atoms with Gasteiger partial charge in [-0.2, -0.15) is 18.3 Å². The normalized spacial score (nSPS) is 11.9. The van der Waals surface area contributed by atoms with E-state index in [-0.39, 0.29) is 5.56 Å². The van der Waals surface area contributed by atoms with Crippen LogP contribution in [0.5, 0.6) is 0 Å². The highest BCUT2D eigenvalue weighted by atomic mass is 127. The van der Waals surface area contributed by atoms with Crippen LogP contribution in [0.2, 0.25) is 0 Å². The van der Waals surface area contributed by atoms with Gasteiger partial charge in [-0.1, -0.05) is 12.1 Å². The Morgan fingerprint density at radius 2 is 2.00 bits per heavy atom. The molecule has 0 aliphatic rings. The van der Waals surface area contributed by atoms with Crippen molar-refractivity contribution >= 4 is 22.6 Å². The highest BCUT2D eigenvalue weighted by Crippen LogP contribution is 2.38. The van der Waals surface area contributed by atoms with Crippen LogP contribution in [-0.4, -0.2) is 9.78 Å². The molecule has 2 aromatic rings. The molecule has 0 saturated heterocycles. The zero-order chi connectivity index (χ0) is 14.2. The Kier molecular flexibility index (Phi) is 3.89. The van der Waals surface area contributed by atoms with E-state index >= 15 is 0 Å². The first-order valence-corrected chi connectivity index (χ1v) is 6.82. The highest BCUT2D eigenvalue weighted by molar-refractivity contribution is 14.1. The molecule has 0 amide bonds. The Morgan fingerprint density at radius 1 is 1.32 bits per heavy atom. The molecule has 0 N–H and O–H groups in total. The molecule has 1 heterocycles. The standard InChI is InChI=1S/C13H12F3IN2/c1-3-19-7-9(12(18-19)13(14,15)16)11-8(2)5-4-6-10(11)17/h4-7H,3H2,1-2H3.